The fourth-order valence-corrected chi connectivity index (χ4v) is 4.30. The lowest BCUT2D eigenvalue weighted by atomic mass is 10.0. The minimum atomic E-state index is 0.380. The molecule has 1 saturated heterocycles. The summed E-state index contributed by atoms with van der Waals surface area (Å²) in [6.07, 6.45) is 5.39. The van der Waals surface area contributed by atoms with E-state index in [9.17, 15) is 0 Å². The van der Waals surface area contributed by atoms with Crippen LogP contribution in [-0.4, -0.2) is 16.5 Å². The number of nitrogens with zero attached hydrogens (tertiary/aromatic N) is 1. The van der Waals surface area contributed by atoms with E-state index in [2.05, 4.69) is 43.4 Å². The lowest BCUT2D eigenvalue weighted by molar-refractivity contribution is 0.452. The van der Waals surface area contributed by atoms with Crippen molar-refractivity contribution in [3.63, 3.8) is 0 Å². The average molecular weight is 288 g/mol. The van der Waals surface area contributed by atoms with Crippen LogP contribution >= 0.6 is 11.8 Å². The molecular weight excluding hydrogens is 264 g/mol. The molecule has 0 amide bonds. The van der Waals surface area contributed by atoms with Crippen molar-refractivity contribution < 1.29 is 0 Å². The summed E-state index contributed by atoms with van der Waals surface area (Å²) in [5, 5.41) is 4.83. The number of rotatable bonds is 3. The molecule has 2 aliphatic rings. The van der Waals surface area contributed by atoms with E-state index >= 15 is 0 Å². The predicted octanol–water partition coefficient (Wildman–Crippen LogP) is 4.32. The second-order valence-corrected chi connectivity index (χ2v) is 7.38. The van der Waals surface area contributed by atoms with E-state index in [1.165, 1.54) is 42.6 Å². The molecule has 0 atom stereocenters. The van der Waals surface area contributed by atoms with Gasteiger partial charge in [0.1, 0.15) is 0 Å². The lowest BCUT2D eigenvalue weighted by Crippen LogP contribution is -2.40. The fourth-order valence-electron chi connectivity index (χ4n) is 3.08. The molecule has 1 aromatic rings. The Bertz CT molecular complexity index is 484. The number of benzene rings is 1. The van der Waals surface area contributed by atoms with Gasteiger partial charge in [-0.05, 0) is 29.9 Å². The van der Waals surface area contributed by atoms with Gasteiger partial charge in [-0.25, -0.2) is 0 Å². The summed E-state index contributed by atoms with van der Waals surface area (Å²) in [5.74, 6) is 1.81. The zero-order valence-corrected chi connectivity index (χ0v) is 13.3. The van der Waals surface area contributed by atoms with Crippen LogP contribution in [-0.2, 0) is 6.54 Å². The normalized spacial score (nSPS) is 22.9. The van der Waals surface area contributed by atoms with E-state index in [0.717, 1.165) is 11.7 Å². The Balaban J connectivity index is 1.60. The molecule has 20 heavy (non-hydrogen) atoms. The van der Waals surface area contributed by atoms with Crippen molar-refractivity contribution in [3.8, 4) is 0 Å². The number of aliphatic imine (C=N–C) groups is 1. The summed E-state index contributed by atoms with van der Waals surface area (Å²) in [7, 11) is 0. The monoisotopic (exact) mass is 288 g/mol. The Hall–Kier alpha value is -0.960. The Labute approximate surface area is 126 Å². The van der Waals surface area contributed by atoms with Crippen LogP contribution in [0.3, 0.4) is 0 Å². The summed E-state index contributed by atoms with van der Waals surface area (Å²) in [6, 6.07) is 8.89. The van der Waals surface area contributed by atoms with Crippen molar-refractivity contribution in [1.29, 1.82) is 0 Å². The molecule has 1 aliphatic carbocycles. The molecule has 0 aromatic heterocycles. The molecule has 1 spiro atoms. The van der Waals surface area contributed by atoms with Crippen LogP contribution in [0, 0.1) is 0 Å². The van der Waals surface area contributed by atoms with Crippen LogP contribution in [0.4, 0.5) is 0 Å². The van der Waals surface area contributed by atoms with Crippen molar-refractivity contribution in [1.82, 2.24) is 5.32 Å². The summed E-state index contributed by atoms with van der Waals surface area (Å²) >= 11 is 1.90. The molecule has 2 fully saturated rings. The van der Waals surface area contributed by atoms with Crippen LogP contribution in [0.25, 0.3) is 0 Å². The van der Waals surface area contributed by atoms with Gasteiger partial charge in [-0.3, -0.25) is 4.99 Å². The van der Waals surface area contributed by atoms with Crippen molar-refractivity contribution in [2.24, 2.45) is 4.99 Å². The number of amidine groups is 1. The minimum absolute atomic E-state index is 0.380. The summed E-state index contributed by atoms with van der Waals surface area (Å²) in [6.45, 7) is 5.26. The summed E-state index contributed by atoms with van der Waals surface area (Å²) in [4.78, 5) is 4.76. The van der Waals surface area contributed by atoms with Gasteiger partial charge >= 0.3 is 0 Å². The maximum absolute atomic E-state index is 4.76. The molecule has 1 N–H and O–H groups in total. The molecule has 0 radical (unpaired) electrons. The molecule has 1 saturated carbocycles. The SMILES string of the molecule is CC(C)c1ccc(CN=C2NC3(CCCC3)CS2)cc1. The maximum atomic E-state index is 4.76. The van der Waals surface area contributed by atoms with Crippen molar-refractivity contribution in [3.05, 3.63) is 35.4 Å². The second-order valence-electron chi connectivity index (χ2n) is 6.42. The first kappa shape index (κ1) is 14.0. The molecular formula is C17H24N2S. The molecule has 0 bridgehead atoms. The van der Waals surface area contributed by atoms with E-state index < -0.39 is 0 Å². The average Bonchev–Trinajstić information content (AvgIpc) is 3.08. The first-order chi connectivity index (χ1) is 9.67. The van der Waals surface area contributed by atoms with E-state index in [-0.39, 0.29) is 0 Å². The van der Waals surface area contributed by atoms with Crippen molar-refractivity contribution in [2.75, 3.05) is 5.75 Å². The molecule has 1 aliphatic heterocycles. The van der Waals surface area contributed by atoms with E-state index in [0.29, 0.717) is 11.5 Å². The van der Waals surface area contributed by atoms with Gasteiger partial charge in [0.15, 0.2) is 5.17 Å². The van der Waals surface area contributed by atoms with E-state index in [4.69, 9.17) is 4.99 Å². The Kier molecular flexibility index (Phi) is 4.06. The van der Waals surface area contributed by atoms with Gasteiger partial charge in [0.25, 0.3) is 0 Å². The first-order valence-electron chi connectivity index (χ1n) is 7.71. The number of thioether (sulfide) groups is 1. The van der Waals surface area contributed by atoms with Gasteiger partial charge in [0.05, 0.1) is 6.54 Å². The molecule has 2 nitrogen and oxygen atoms in total. The smallest absolute Gasteiger partial charge is 0.157 e. The molecule has 3 rings (SSSR count). The molecule has 1 heterocycles. The topological polar surface area (TPSA) is 24.4 Å². The largest absolute Gasteiger partial charge is 0.359 e. The molecule has 1 aromatic carbocycles. The van der Waals surface area contributed by atoms with Crippen molar-refractivity contribution >= 4 is 16.9 Å². The number of hydrogen-bond donors (Lipinski definition) is 1. The van der Waals surface area contributed by atoms with Crippen LogP contribution in [0.15, 0.2) is 29.3 Å². The highest BCUT2D eigenvalue weighted by Gasteiger charge is 2.39. The zero-order chi connectivity index (χ0) is 14.0. The van der Waals surface area contributed by atoms with Gasteiger partial charge in [-0.15, -0.1) is 0 Å². The standard InChI is InChI=1S/C17H24N2S/c1-13(2)15-7-5-14(6-8-15)11-18-16-19-17(12-20-16)9-3-4-10-17/h5-8,13H,3-4,9-12H2,1-2H3,(H,18,19). The highest BCUT2D eigenvalue weighted by atomic mass is 32.2. The molecule has 3 heteroatoms. The Morgan fingerprint density at radius 2 is 1.90 bits per heavy atom. The van der Waals surface area contributed by atoms with Crippen LogP contribution < -0.4 is 5.32 Å². The number of hydrogen-bond acceptors (Lipinski definition) is 2. The Morgan fingerprint density at radius 1 is 1.20 bits per heavy atom. The van der Waals surface area contributed by atoms with Gasteiger partial charge < -0.3 is 5.32 Å². The van der Waals surface area contributed by atoms with E-state index in [1.54, 1.807) is 0 Å². The predicted molar refractivity (Wildman–Crippen MR) is 88.5 cm³/mol. The first-order valence-corrected chi connectivity index (χ1v) is 8.70. The van der Waals surface area contributed by atoms with Crippen LogP contribution in [0.5, 0.6) is 0 Å². The van der Waals surface area contributed by atoms with Gasteiger partial charge in [-0.1, -0.05) is 62.7 Å². The minimum Gasteiger partial charge on any atom is -0.359 e. The third-order valence-corrected chi connectivity index (χ3v) is 5.67. The lowest BCUT2D eigenvalue weighted by Gasteiger charge is -2.21. The van der Waals surface area contributed by atoms with Crippen molar-refractivity contribution in [2.45, 2.75) is 57.5 Å². The van der Waals surface area contributed by atoms with Crippen LogP contribution in [0.1, 0.15) is 56.6 Å². The van der Waals surface area contributed by atoms with Gasteiger partial charge in [0, 0.05) is 11.3 Å². The highest BCUT2D eigenvalue weighted by Crippen LogP contribution is 2.37. The maximum Gasteiger partial charge on any atom is 0.157 e. The quantitative estimate of drug-likeness (QED) is 0.896. The van der Waals surface area contributed by atoms with Crippen LogP contribution in [0.2, 0.25) is 0 Å². The number of nitrogens with one attached hydrogen (secondary N) is 1. The summed E-state index contributed by atoms with van der Waals surface area (Å²) < 4.78 is 0. The molecule has 108 valence electrons. The molecule has 0 unspecified atom stereocenters. The fraction of sp³-hybridized carbons (Fsp3) is 0.588. The third-order valence-electron chi connectivity index (χ3n) is 4.47. The Morgan fingerprint density at radius 3 is 2.55 bits per heavy atom. The van der Waals surface area contributed by atoms with E-state index in [1.807, 2.05) is 11.8 Å². The second kappa shape index (κ2) is 5.80. The highest BCUT2D eigenvalue weighted by molar-refractivity contribution is 8.14. The zero-order valence-electron chi connectivity index (χ0n) is 12.5. The van der Waals surface area contributed by atoms with Gasteiger partial charge in [0.2, 0.25) is 0 Å². The third kappa shape index (κ3) is 3.03. The summed E-state index contributed by atoms with van der Waals surface area (Å²) in [5.41, 5.74) is 3.08. The van der Waals surface area contributed by atoms with Gasteiger partial charge in [-0.2, -0.15) is 0 Å².